The molecule has 1 aliphatic heterocycles. The smallest absolute Gasteiger partial charge is 0.218 e. The second kappa shape index (κ2) is 5.02. The molecule has 4 nitrogen and oxygen atoms in total. The fourth-order valence-corrected chi connectivity index (χ4v) is 3.63. The highest BCUT2D eigenvalue weighted by Gasteiger charge is 2.48. The van der Waals surface area contributed by atoms with Gasteiger partial charge in [0.1, 0.15) is 0 Å². The quantitative estimate of drug-likeness (QED) is 0.857. The first-order valence-electron chi connectivity index (χ1n) is 7.13. The van der Waals surface area contributed by atoms with Crippen molar-refractivity contribution in [1.82, 2.24) is 4.98 Å². The molecule has 4 heteroatoms. The van der Waals surface area contributed by atoms with E-state index in [1.807, 2.05) is 18.2 Å². The molecular formula is C16H20N2O2. The summed E-state index contributed by atoms with van der Waals surface area (Å²) in [5.41, 5.74) is 6.03. The Morgan fingerprint density at radius 1 is 1.35 bits per heavy atom. The Balaban J connectivity index is 1.95. The fourth-order valence-electron chi connectivity index (χ4n) is 3.63. The van der Waals surface area contributed by atoms with Crippen molar-refractivity contribution in [2.24, 2.45) is 5.73 Å². The van der Waals surface area contributed by atoms with Gasteiger partial charge in [-0.3, -0.25) is 9.78 Å². The van der Waals surface area contributed by atoms with Crippen molar-refractivity contribution in [2.75, 3.05) is 6.61 Å². The molecule has 2 heterocycles. The van der Waals surface area contributed by atoms with Gasteiger partial charge in [0.15, 0.2) is 0 Å². The zero-order valence-electron chi connectivity index (χ0n) is 11.5. The Morgan fingerprint density at radius 2 is 2.15 bits per heavy atom. The maximum atomic E-state index is 11.6. The van der Waals surface area contributed by atoms with E-state index in [2.05, 4.69) is 17.1 Å². The number of aromatic nitrogens is 1. The van der Waals surface area contributed by atoms with Crippen LogP contribution in [-0.4, -0.2) is 23.1 Å². The lowest BCUT2D eigenvalue weighted by atomic mass is 9.67. The first-order chi connectivity index (χ1) is 9.64. The van der Waals surface area contributed by atoms with Gasteiger partial charge in [0.2, 0.25) is 5.91 Å². The normalized spacial score (nSPS) is 27.8. The Bertz CT molecular complexity index is 519. The predicted molar refractivity (Wildman–Crippen MR) is 76.0 cm³/mol. The lowest BCUT2D eigenvalue weighted by Gasteiger charge is -2.45. The summed E-state index contributed by atoms with van der Waals surface area (Å²) in [5.74, 6) is -0.265. The second-order valence-electron chi connectivity index (χ2n) is 5.98. The van der Waals surface area contributed by atoms with Crippen molar-refractivity contribution in [3.63, 3.8) is 0 Å². The van der Waals surface area contributed by atoms with Crippen molar-refractivity contribution >= 4 is 5.91 Å². The summed E-state index contributed by atoms with van der Waals surface area (Å²) in [6.45, 7) is 0.658. The van der Waals surface area contributed by atoms with Gasteiger partial charge < -0.3 is 10.5 Å². The van der Waals surface area contributed by atoms with Crippen LogP contribution in [0.3, 0.4) is 0 Å². The first kappa shape index (κ1) is 13.3. The molecule has 1 aromatic rings. The zero-order chi connectivity index (χ0) is 14.1. The van der Waals surface area contributed by atoms with Gasteiger partial charge in [-0.1, -0.05) is 18.2 Å². The summed E-state index contributed by atoms with van der Waals surface area (Å²) < 4.78 is 6.04. The van der Waals surface area contributed by atoms with Crippen LogP contribution in [0.1, 0.15) is 37.8 Å². The minimum absolute atomic E-state index is 0.161. The number of rotatable bonds is 3. The van der Waals surface area contributed by atoms with Crippen LogP contribution in [0.15, 0.2) is 36.5 Å². The van der Waals surface area contributed by atoms with E-state index in [1.165, 1.54) is 0 Å². The minimum Gasteiger partial charge on any atom is -0.374 e. The van der Waals surface area contributed by atoms with Gasteiger partial charge in [0.25, 0.3) is 0 Å². The third kappa shape index (κ3) is 2.36. The minimum atomic E-state index is -0.280. The number of nitrogens with zero attached hydrogens (tertiary/aromatic N) is 1. The van der Waals surface area contributed by atoms with Crippen molar-refractivity contribution < 1.29 is 9.53 Å². The largest absolute Gasteiger partial charge is 0.374 e. The first-order valence-corrected chi connectivity index (χ1v) is 7.13. The van der Waals surface area contributed by atoms with Crippen molar-refractivity contribution in [2.45, 2.75) is 43.1 Å². The number of pyridine rings is 1. The molecule has 3 rings (SSSR count). The van der Waals surface area contributed by atoms with E-state index in [0.717, 1.165) is 31.4 Å². The van der Waals surface area contributed by atoms with Gasteiger partial charge in [-0.25, -0.2) is 0 Å². The van der Waals surface area contributed by atoms with Crippen molar-refractivity contribution in [3.8, 4) is 0 Å². The van der Waals surface area contributed by atoms with Gasteiger partial charge in [-0.05, 0) is 37.8 Å². The van der Waals surface area contributed by atoms with Gasteiger partial charge in [0, 0.05) is 30.3 Å². The monoisotopic (exact) mass is 272 g/mol. The van der Waals surface area contributed by atoms with E-state index in [9.17, 15) is 4.79 Å². The van der Waals surface area contributed by atoms with Crippen LogP contribution < -0.4 is 5.73 Å². The molecule has 0 saturated carbocycles. The van der Waals surface area contributed by atoms with Crippen molar-refractivity contribution in [3.05, 3.63) is 42.2 Å². The second-order valence-corrected chi connectivity index (χ2v) is 5.98. The summed E-state index contributed by atoms with van der Waals surface area (Å²) >= 11 is 0. The molecule has 1 aliphatic carbocycles. The Labute approximate surface area is 119 Å². The molecule has 1 aromatic heterocycles. The van der Waals surface area contributed by atoms with E-state index < -0.39 is 0 Å². The van der Waals surface area contributed by atoms with E-state index in [1.54, 1.807) is 6.20 Å². The topological polar surface area (TPSA) is 65.2 Å². The van der Waals surface area contributed by atoms with Crippen LogP contribution in [0.2, 0.25) is 0 Å². The average Bonchev–Trinajstić information content (AvgIpc) is 2.87. The number of hydrogen-bond acceptors (Lipinski definition) is 3. The van der Waals surface area contributed by atoms with Gasteiger partial charge >= 0.3 is 0 Å². The number of primary amides is 1. The highest BCUT2D eigenvalue weighted by atomic mass is 16.5. The molecule has 1 atom stereocenters. The molecule has 0 bridgehead atoms. The van der Waals surface area contributed by atoms with Crippen LogP contribution in [0.4, 0.5) is 0 Å². The molecule has 1 amide bonds. The summed E-state index contributed by atoms with van der Waals surface area (Å²) in [6, 6.07) is 5.87. The summed E-state index contributed by atoms with van der Waals surface area (Å²) in [4.78, 5) is 16.1. The van der Waals surface area contributed by atoms with E-state index in [0.29, 0.717) is 13.0 Å². The maximum absolute atomic E-state index is 11.6. The molecule has 1 fully saturated rings. The summed E-state index contributed by atoms with van der Waals surface area (Å²) in [7, 11) is 0. The SMILES string of the molecule is NC(=O)C[C@@]1(c2ccccn2)CCOC2(CC=CC2)C1. The van der Waals surface area contributed by atoms with Crippen molar-refractivity contribution in [1.29, 1.82) is 0 Å². The van der Waals surface area contributed by atoms with E-state index in [-0.39, 0.29) is 16.9 Å². The van der Waals surface area contributed by atoms with Gasteiger partial charge in [-0.2, -0.15) is 0 Å². The van der Waals surface area contributed by atoms with Gasteiger partial charge in [-0.15, -0.1) is 0 Å². The lowest BCUT2D eigenvalue weighted by Crippen LogP contribution is -2.48. The molecule has 1 spiro atoms. The Kier molecular flexibility index (Phi) is 3.34. The molecular weight excluding hydrogens is 252 g/mol. The van der Waals surface area contributed by atoms with E-state index >= 15 is 0 Å². The molecule has 20 heavy (non-hydrogen) atoms. The third-order valence-corrected chi connectivity index (χ3v) is 4.52. The van der Waals surface area contributed by atoms with Crippen LogP contribution in [0.25, 0.3) is 0 Å². The summed E-state index contributed by atoms with van der Waals surface area (Å²) in [6.07, 6.45) is 9.90. The van der Waals surface area contributed by atoms with Crippen LogP contribution in [0, 0.1) is 0 Å². The molecule has 106 valence electrons. The molecule has 1 saturated heterocycles. The molecule has 2 aliphatic rings. The van der Waals surface area contributed by atoms with Gasteiger partial charge in [0.05, 0.1) is 5.60 Å². The standard InChI is InChI=1S/C16H20N2O2/c17-14(19)11-15(13-5-1-4-9-18-13)8-10-20-16(12-15)6-2-3-7-16/h1-5,9H,6-8,10-12H2,(H2,17,19)/t15-/m0/s1. The Morgan fingerprint density at radius 3 is 2.80 bits per heavy atom. The number of carbonyl (C=O) groups is 1. The number of amides is 1. The number of hydrogen-bond donors (Lipinski definition) is 1. The summed E-state index contributed by atoms with van der Waals surface area (Å²) in [5, 5.41) is 0. The van der Waals surface area contributed by atoms with Crippen LogP contribution >= 0.6 is 0 Å². The lowest BCUT2D eigenvalue weighted by molar-refractivity contribution is -0.126. The fraction of sp³-hybridized carbons (Fsp3) is 0.500. The number of nitrogens with two attached hydrogens (primary N) is 1. The molecule has 0 radical (unpaired) electrons. The maximum Gasteiger partial charge on any atom is 0.218 e. The zero-order valence-corrected chi connectivity index (χ0v) is 11.5. The predicted octanol–water partition coefficient (Wildman–Crippen LogP) is 2.09. The van der Waals surface area contributed by atoms with E-state index in [4.69, 9.17) is 10.5 Å². The molecule has 2 N–H and O–H groups in total. The van der Waals surface area contributed by atoms with Crippen LogP contribution in [-0.2, 0) is 14.9 Å². The molecule has 0 aromatic carbocycles. The molecule has 0 unspecified atom stereocenters. The highest BCUT2D eigenvalue weighted by molar-refractivity contribution is 5.75. The number of ether oxygens (including phenoxy) is 1. The average molecular weight is 272 g/mol. The number of carbonyl (C=O) groups excluding carboxylic acids is 1. The highest BCUT2D eigenvalue weighted by Crippen LogP contribution is 2.47. The van der Waals surface area contributed by atoms with Crippen LogP contribution in [0.5, 0.6) is 0 Å². The Hall–Kier alpha value is -1.68. The third-order valence-electron chi connectivity index (χ3n) is 4.52.